The third kappa shape index (κ3) is 3.84. The van der Waals surface area contributed by atoms with Gasteiger partial charge < -0.3 is 14.8 Å². The minimum absolute atomic E-state index is 0.0116. The zero-order valence-corrected chi connectivity index (χ0v) is 21.9. The fourth-order valence-electron chi connectivity index (χ4n) is 6.06. The van der Waals surface area contributed by atoms with Gasteiger partial charge in [0.05, 0.1) is 12.2 Å². The minimum Gasteiger partial charge on any atom is -0.356 e. The first kappa shape index (κ1) is 23.8. The summed E-state index contributed by atoms with van der Waals surface area (Å²) in [6.45, 7) is 5.11. The number of hydrogen-bond acceptors (Lipinski definition) is 2. The van der Waals surface area contributed by atoms with Crippen molar-refractivity contribution >= 4 is 34.3 Å². The zero-order valence-electron chi connectivity index (χ0n) is 21.1. The summed E-state index contributed by atoms with van der Waals surface area (Å²) in [5.41, 5.74) is 5.40. The minimum atomic E-state index is -1.08. The average Bonchev–Trinajstić information content (AvgIpc) is 3.32. The number of fused-ring (bicyclic) bond motifs is 5. The summed E-state index contributed by atoms with van der Waals surface area (Å²) in [5, 5.41) is 1.80. The van der Waals surface area contributed by atoms with Gasteiger partial charge in [0.15, 0.2) is 5.54 Å². The van der Waals surface area contributed by atoms with E-state index in [1.807, 2.05) is 54.3 Å². The number of rotatable bonds is 5. The summed E-state index contributed by atoms with van der Waals surface area (Å²) in [5.74, 6) is -0.0613. The van der Waals surface area contributed by atoms with Crippen molar-refractivity contribution in [2.24, 2.45) is 0 Å². The normalized spacial score (nSPS) is 21.3. The molecule has 0 bridgehead atoms. The van der Waals surface area contributed by atoms with Crippen LogP contribution >= 0.6 is 11.6 Å². The second-order valence-corrected chi connectivity index (χ2v) is 10.7. The maximum atomic E-state index is 14.2. The van der Waals surface area contributed by atoms with E-state index in [2.05, 4.69) is 42.2 Å². The molecule has 188 valence electrons. The third-order valence-electron chi connectivity index (χ3n) is 8.19. The number of aromatic amines is 1. The number of aryl methyl sites for hydroxylation is 1. The highest BCUT2D eigenvalue weighted by Crippen LogP contribution is 2.48. The number of nitrogens with one attached hydrogen (secondary N) is 1. The fourth-order valence-corrected chi connectivity index (χ4v) is 6.18. The van der Waals surface area contributed by atoms with Gasteiger partial charge in [0.1, 0.15) is 0 Å². The van der Waals surface area contributed by atoms with Crippen molar-refractivity contribution in [2.75, 3.05) is 19.6 Å². The number of benzene rings is 3. The van der Waals surface area contributed by atoms with Crippen LogP contribution in [-0.4, -0.2) is 46.2 Å². The van der Waals surface area contributed by atoms with Crippen LogP contribution in [0.3, 0.4) is 0 Å². The van der Waals surface area contributed by atoms with Crippen LogP contribution < -0.4 is 0 Å². The molecule has 1 N–H and O–H groups in total. The largest absolute Gasteiger partial charge is 0.356 e. The first-order valence-corrected chi connectivity index (χ1v) is 13.3. The van der Waals surface area contributed by atoms with E-state index < -0.39 is 5.54 Å². The van der Waals surface area contributed by atoms with Gasteiger partial charge in [-0.3, -0.25) is 9.59 Å². The lowest BCUT2D eigenvalue weighted by Gasteiger charge is -2.51. The Kier molecular flexibility index (Phi) is 5.84. The number of aromatic nitrogens is 1. The molecule has 2 aliphatic heterocycles. The molecule has 5 nitrogen and oxygen atoms in total. The maximum Gasteiger partial charge on any atom is 0.254 e. The number of nitrogens with zero attached hydrogens (tertiary/aromatic N) is 2. The Bertz CT molecular complexity index is 1490. The predicted molar refractivity (Wildman–Crippen MR) is 147 cm³/mol. The molecular weight excluding hydrogens is 482 g/mol. The van der Waals surface area contributed by atoms with Gasteiger partial charge in [0.25, 0.3) is 5.91 Å². The molecule has 1 unspecified atom stereocenters. The number of para-hydroxylation sites is 1. The number of carbonyl (C=O) groups is 2. The lowest BCUT2D eigenvalue weighted by atomic mass is 9.76. The Morgan fingerprint density at radius 2 is 1.68 bits per heavy atom. The lowest BCUT2D eigenvalue weighted by Crippen LogP contribution is -2.67. The van der Waals surface area contributed by atoms with Crippen LogP contribution in [0, 0.1) is 0 Å². The summed E-state index contributed by atoms with van der Waals surface area (Å²) in [6, 6.07) is 24.5. The lowest BCUT2D eigenvalue weighted by molar-refractivity contribution is -0.166. The van der Waals surface area contributed by atoms with Gasteiger partial charge in [-0.15, -0.1) is 0 Å². The van der Waals surface area contributed by atoms with Crippen molar-refractivity contribution in [2.45, 2.75) is 38.1 Å². The SMILES string of the molecule is CCc1ccc(C2CN3C(=O)CN(CCc4ccc(Cl)cc4)C(=O)[C@]3(C)c3[nH]c4ccccc4c32)cc1. The monoisotopic (exact) mass is 511 g/mol. The van der Waals surface area contributed by atoms with E-state index in [-0.39, 0.29) is 24.3 Å². The van der Waals surface area contributed by atoms with Gasteiger partial charge in [-0.05, 0) is 60.2 Å². The van der Waals surface area contributed by atoms with Crippen LogP contribution in [0.1, 0.15) is 47.7 Å². The number of piperazine rings is 1. The molecule has 2 aliphatic rings. The summed E-state index contributed by atoms with van der Waals surface area (Å²) >= 11 is 6.03. The van der Waals surface area contributed by atoms with Crippen LogP contribution in [0.25, 0.3) is 10.9 Å². The zero-order chi connectivity index (χ0) is 25.7. The molecular formula is C31H30ClN3O2. The second-order valence-electron chi connectivity index (χ2n) is 10.3. The van der Waals surface area contributed by atoms with Crippen LogP contribution in [0.15, 0.2) is 72.8 Å². The van der Waals surface area contributed by atoms with Gasteiger partial charge in [0.2, 0.25) is 5.91 Å². The first-order valence-electron chi connectivity index (χ1n) is 12.9. The second kappa shape index (κ2) is 9.07. The molecule has 0 spiro atoms. The number of H-pyrrole nitrogens is 1. The Morgan fingerprint density at radius 1 is 0.973 bits per heavy atom. The predicted octanol–water partition coefficient (Wildman–Crippen LogP) is 5.66. The van der Waals surface area contributed by atoms with Gasteiger partial charge >= 0.3 is 0 Å². The highest BCUT2D eigenvalue weighted by atomic mass is 35.5. The molecule has 6 heteroatoms. The van der Waals surface area contributed by atoms with Crippen LogP contribution in [0.2, 0.25) is 5.02 Å². The van der Waals surface area contributed by atoms with Crippen molar-refractivity contribution in [1.82, 2.24) is 14.8 Å². The standard InChI is InChI=1S/C31H30ClN3O2/c1-3-20-8-12-22(13-9-20)25-18-35-27(36)19-34(17-16-21-10-14-23(32)15-11-21)30(37)31(35,2)29-28(25)24-6-4-5-7-26(24)33-29/h4-15,25,33H,3,16-19H2,1-2H3/t25?,31-/m0/s1. The van der Waals surface area contributed by atoms with Crippen molar-refractivity contribution in [3.63, 3.8) is 0 Å². The Hall–Kier alpha value is -3.57. The summed E-state index contributed by atoms with van der Waals surface area (Å²) < 4.78 is 0. The fraction of sp³-hybridized carbons (Fsp3) is 0.290. The van der Waals surface area contributed by atoms with Crippen molar-refractivity contribution in [3.8, 4) is 0 Å². The Labute approximate surface area is 222 Å². The van der Waals surface area contributed by atoms with Crippen molar-refractivity contribution in [1.29, 1.82) is 0 Å². The van der Waals surface area contributed by atoms with Gasteiger partial charge in [0, 0.05) is 34.9 Å². The molecule has 1 fully saturated rings. The maximum absolute atomic E-state index is 14.2. The summed E-state index contributed by atoms with van der Waals surface area (Å²) in [7, 11) is 0. The number of amides is 2. The van der Waals surface area contributed by atoms with Crippen molar-refractivity contribution < 1.29 is 9.59 Å². The van der Waals surface area contributed by atoms with Crippen LogP contribution in [0.4, 0.5) is 0 Å². The molecule has 37 heavy (non-hydrogen) atoms. The molecule has 6 rings (SSSR count). The number of halogens is 1. The van der Waals surface area contributed by atoms with Crippen LogP contribution in [-0.2, 0) is 28.0 Å². The quantitative estimate of drug-likeness (QED) is 0.376. The topological polar surface area (TPSA) is 56.4 Å². The van der Waals surface area contributed by atoms with E-state index >= 15 is 0 Å². The molecule has 1 saturated heterocycles. The summed E-state index contributed by atoms with van der Waals surface area (Å²) in [6.07, 6.45) is 1.64. The molecule has 0 saturated carbocycles. The van der Waals surface area contributed by atoms with E-state index in [9.17, 15) is 9.59 Å². The molecule has 3 heterocycles. The molecule has 0 aliphatic carbocycles. The molecule has 1 aromatic heterocycles. The van der Waals surface area contributed by atoms with E-state index in [0.29, 0.717) is 24.5 Å². The van der Waals surface area contributed by atoms with Crippen molar-refractivity contribution in [3.05, 3.63) is 106 Å². The van der Waals surface area contributed by atoms with Gasteiger partial charge in [-0.2, -0.15) is 0 Å². The molecule has 3 aromatic carbocycles. The molecule has 0 radical (unpaired) electrons. The highest BCUT2D eigenvalue weighted by molar-refractivity contribution is 6.30. The molecule has 2 amide bonds. The van der Waals surface area contributed by atoms with Crippen LogP contribution in [0.5, 0.6) is 0 Å². The van der Waals surface area contributed by atoms with Gasteiger partial charge in [-0.25, -0.2) is 0 Å². The first-order chi connectivity index (χ1) is 17.9. The molecule has 4 aromatic rings. The van der Waals surface area contributed by atoms with Gasteiger partial charge in [-0.1, -0.05) is 73.1 Å². The number of carbonyl (C=O) groups excluding carboxylic acids is 2. The van der Waals surface area contributed by atoms with E-state index in [1.54, 1.807) is 4.90 Å². The summed E-state index contributed by atoms with van der Waals surface area (Å²) in [4.78, 5) is 34.9. The average molecular weight is 512 g/mol. The van der Waals surface area contributed by atoms with E-state index in [0.717, 1.165) is 39.7 Å². The van der Waals surface area contributed by atoms with E-state index in [4.69, 9.17) is 11.6 Å². The Balaban J connectivity index is 1.42. The Morgan fingerprint density at radius 3 is 2.41 bits per heavy atom. The molecule has 2 atom stereocenters. The third-order valence-corrected chi connectivity index (χ3v) is 8.44. The highest BCUT2D eigenvalue weighted by Gasteiger charge is 2.56. The van der Waals surface area contributed by atoms with E-state index in [1.165, 1.54) is 5.56 Å². The smallest absolute Gasteiger partial charge is 0.254 e. The number of hydrogen-bond donors (Lipinski definition) is 1.